The molecule has 0 saturated carbocycles. The van der Waals surface area contributed by atoms with Crippen molar-refractivity contribution in [3.63, 3.8) is 0 Å². The van der Waals surface area contributed by atoms with E-state index in [0.717, 1.165) is 64.5 Å². The fourth-order valence-electron chi connectivity index (χ4n) is 4.58. The van der Waals surface area contributed by atoms with Gasteiger partial charge in [-0.3, -0.25) is 0 Å². The number of nitrogens with zero attached hydrogens (tertiary/aromatic N) is 3. The molecule has 0 aliphatic heterocycles. The molecule has 0 atom stereocenters. The first kappa shape index (κ1) is 19.9. The first-order valence-electron chi connectivity index (χ1n) is 10.3. The third-order valence-electron chi connectivity index (χ3n) is 6.01. The minimum Gasteiger partial charge on any atom is -0.383 e. The number of aryl methyl sites for hydroxylation is 1. The van der Waals surface area contributed by atoms with Gasteiger partial charge in [0.15, 0.2) is 0 Å². The van der Waals surface area contributed by atoms with E-state index < -0.39 is 0 Å². The second-order valence-electron chi connectivity index (χ2n) is 7.93. The monoisotopic (exact) mass is 446 g/mol. The lowest BCUT2D eigenvalue weighted by Gasteiger charge is -2.20. The number of para-hydroxylation sites is 1. The molecule has 6 heteroatoms. The van der Waals surface area contributed by atoms with E-state index in [1.54, 1.807) is 0 Å². The molecule has 0 unspecified atom stereocenters. The van der Waals surface area contributed by atoms with E-state index in [-0.39, 0.29) is 0 Å². The third-order valence-corrected chi connectivity index (χ3v) is 6.75. The molecule has 0 amide bonds. The second-order valence-corrected chi connectivity index (χ2v) is 8.74. The van der Waals surface area contributed by atoms with Gasteiger partial charge in [-0.2, -0.15) is 5.26 Å². The van der Waals surface area contributed by atoms with Gasteiger partial charge in [0, 0.05) is 40.5 Å². The summed E-state index contributed by atoms with van der Waals surface area (Å²) in [6, 6.07) is 16.3. The van der Waals surface area contributed by atoms with Crippen LogP contribution < -0.4 is 5.73 Å². The summed E-state index contributed by atoms with van der Waals surface area (Å²) in [5.74, 6) is 0.319. The van der Waals surface area contributed by atoms with Gasteiger partial charge in [-0.1, -0.05) is 47.5 Å². The Morgan fingerprint density at radius 1 is 1.06 bits per heavy atom. The number of fused-ring (bicyclic) bond motifs is 2. The molecule has 4 nitrogen and oxygen atoms in total. The number of pyridine rings is 1. The van der Waals surface area contributed by atoms with Crippen LogP contribution in [0.5, 0.6) is 0 Å². The Labute approximate surface area is 190 Å². The van der Waals surface area contributed by atoms with Gasteiger partial charge in [-0.25, -0.2) is 4.98 Å². The predicted molar refractivity (Wildman–Crippen MR) is 127 cm³/mol. The Morgan fingerprint density at radius 2 is 1.87 bits per heavy atom. The summed E-state index contributed by atoms with van der Waals surface area (Å²) in [5, 5.41) is 12.1. The number of benzene rings is 2. The summed E-state index contributed by atoms with van der Waals surface area (Å²) in [7, 11) is 0. The summed E-state index contributed by atoms with van der Waals surface area (Å²) in [6.07, 6.45) is 6.14. The molecule has 31 heavy (non-hydrogen) atoms. The van der Waals surface area contributed by atoms with Crippen LogP contribution in [-0.2, 0) is 19.4 Å². The van der Waals surface area contributed by atoms with Crippen LogP contribution in [0.1, 0.15) is 35.2 Å². The average molecular weight is 447 g/mol. The van der Waals surface area contributed by atoms with Crippen molar-refractivity contribution < 1.29 is 0 Å². The van der Waals surface area contributed by atoms with Crippen molar-refractivity contribution >= 4 is 39.9 Å². The van der Waals surface area contributed by atoms with Gasteiger partial charge in [0.05, 0.1) is 10.0 Å². The molecule has 0 fully saturated rings. The molecule has 0 bridgehead atoms. The number of rotatable bonds is 3. The lowest BCUT2D eigenvalue weighted by atomic mass is 9.86. The highest BCUT2D eigenvalue weighted by atomic mass is 35.5. The third kappa shape index (κ3) is 3.44. The number of nitrogen functional groups attached to an aromatic ring is 1. The number of hydrogen-bond donors (Lipinski definition) is 1. The zero-order valence-corrected chi connectivity index (χ0v) is 18.3. The molecular weight excluding hydrogens is 427 g/mol. The average Bonchev–Trinajstić information content (AvgIpc) is 3.13. The van der Waals surface area contributed by atoms with Crippen LogP contribution in [0.25, 0.3) is 22.0 Å². The van der Waals surface area contributed by atoms with Crippen molar-refractivity contribution in [2.24, 2.45) is 0 Å². The molecule has 2 N–H and O–H groups in total. The van der Waals surface area contributed by atoms with Gasteiger partial charge < -0.3 is 10.3 Å². The van der Waals surface area contributed by atoms with Crippen molar-refractivity contribution in [3.8, 4) is 17.2 Å². The number of halogens is 2. The van der Waals surface area contributed by atoms with Crippen LogP contribution in [0.4, 0.5) is 5.82 Å². The molecular formula is C25H20Cl2N4. The zero-order chi connectivity index (χ0) is 21.5. The lowest BCUT2D eigenvalue weighted by molar-refractivity contribution is 0.670. The second kappa shape index (κ2) is 7.92. The summed E-state index contributed by atoms with van der Waals surface area (Å²) in [4.78, 5) is 4.56. The van der Waals surface area contributed by atoms with E-state index >= 15 is 0 Å². The Morgan fingerprint density at radius 3 is 2.68 bits per heavy atom. The molecule has 154 valence electrons. The van der Waals surface area contributed by atoms with Crippen molar-refractivity contribution in [1.29, 1.82) is 5.26 Å². The number of aromatic nitrogens is 2. The van der Waals surface area contributed by atoms with Gasteiger partial charge in [0.25, 0.3) is 0 Å². The number of nitrogens with two attached hydrogens (primary N) is 1. The largest absolute Gasteiger partial charge is 0.383 e. The van der Waals surface area contributed by atoms with Crippen LogP contribution in [0.3, 0.4) is 0 Å². The van der Waals surface area contributed by atoms with Crippen LogP contribution in [0.15, 0.2) is 48.7 Å². The molecule has 2 aromatic heterocycles. The van der Waals surface area contributed by atoms with Crippen molar-refractivity contribution in [1.82, 2.24) is 9.55 Å². The highest BCUT2D eigenvalue weighted by Crippen LogP contribution is 2.40. The van der Waals surface area contributed by atoms with Crippen LogP contribution >= 0.6 is 23.2 Å². The predicted octanol–water partition coefficient (Wildman–Crippen LogP) is 6.39. The number of nitriles is 1. The van der Waals surface area contributed by atoms with Crippen molar-refractivity contribution in [3.05, 3.63) is 81.1 Å². The molecule has 5 rings (SSSR count). The molecule has 4 aromatic rings. The molecule has 1 aliphatic rings. The molecule has 2 heterocycles. The fraction of sp³-hybridized carbons (Fsp3) is 0.200. The smallest absolute Gasteiger partial charge is 0.142 e. The van der Waals surface area contributed by atoms with E-state index in [1.807, 2.05) is 30.3 Å². The van der Waals surface area contributed by atoms with E-state index in [2.05, 4.69) is 33.9 Å². The van der Waals surface area contributed by atoms with Gasteiger partial charge in [0.2, 0.25) is 0 Å². The summed E-state index contributed by atoms with van der Waals surface area (Å²) >= 11 is 12.3. The Kier molecular flexibility index (Phi) is 5.09. The summed E-state index contributed by atoms with van der Waals surface area (Å²) in [6.45, 7) is 0.641. The zero-order valence-electron chi connectivity index (χ0n) is 16.8. The first-order chi connectivity index (χ1) is 15.1. The Hall–Kier alpha value is -3.00. The maximum atomic E-state index is 9.93. The standard InChI is InChI=1S/C25H20Cl2N4/c26-20-10-9-15(11-21(20)27)13-31-14-19(16-5-2-4-8-23(16)31)24-17-6-1-3-7-22(17)30-25(29)18(24)12-28/h2,4-5,8-11,14H,1,3,6-7,13H2,(H2,29,30). The maximum absolute atomic E-state index is 9.93. The first-order valence-corrected chi connectivity index (χ1v) is 11.1. The number of anilines is 1. The molecule has 1 aliphatic carbocycles. The number of hydrogen-bond acceptors (Lipinski definition) is 3. The fourth-order valence-corrected chi connectivity index (χ4v) is 4.90. The molecule has 2 aromatic carbocycles. The Bertz CT molecular complexity index is 1360. The lowest BCUT2D eigenvalue weighted by Crippen LogP contribution is -2.11. The van der Waals surface area contributed by atoms with E-state index in [9.17, 15) is 5.26 Å². The Balaban J connectivity index is 1.73. The normalized spacial score (nSPS) is 13.2. The van der Waals surface area contributed by atoms with Crippen molar-refractivity contribution in [2.45, 2.75) is 32.2 Å². The van der Waals surface area contributed by atoms with E-state index in [1.165, 1.54) is 0 Å². The minimum atomic E-state index is 0.319. The van der Waals surface area contributed by atoms with Gasteiger partial charge >= 0.3 is 0 Å². The molecule has 0 radical (unpaired) electrons. The minimum absolute atomic E-state index is 0.319. The van der Waals surface area contributed by atoms with Gasteiger partial charge in [-0.05, 0) is 55.0 Å². The van der Waals surface area contributed by atoms with Crippen LogP contribution in [0.2, 0.25) is 10.0 Å². The quantitative estimate of drug-likeness (QED) is 0.396. The molecule has 0 spiro atoms. The van der Waals surface area contributed by atoms with Crippen LogP contribution in [0, 0.1) is 11.3 Å². The highest BCUT2D eigenvalue weighted by molar-refractivity contribution is 6.42. The van der Waals surface area contributed by atoms with E-state index in [4.69, 9.17) is 28.9 Å². The topological polar surface area (TPSA) is 67.6 Å². The summed E-state index contributed by atoms with van der Waals surface area (Å²) in [5.41, 5.74) is 13.0. The SMILES string of the molecule is N#Cc1c(N)nc2c(c1-c1cn(Cc3ccc(Cl)c(Cl)c3)c3ccccc13)CCCC2. The maximum Gasteiger partial charge on any atom is 0.142 e. The van der Waals surface area contributed by atoms with E-state index in [0.29, 0.717) is 28.0 Å². The highest BCUT2D eigenvalue weighted by Gasteiger charge is 2.24. The molecule has 0 saturated heterocycles. The van der Waals surface area contributed by atoms with Crippen molar-refractivity contribution in [2.75, 3.05) is 5.73 Å². The van der Waals surface area contributed by atoms with Crippen LogP contribution in [-0.4, -0.2) is 9.55 Å². The van der Waals surface area contributed by atoms with Gasteiger partial charge in [-0.15, -0.1) is 0 Å². The van der Waals surface area contributed by atoms with Gasteiger partial charge in [0.1, 0.15) is 17.5 Å². The summed E-state index contributed by atoms with van der Waals surface area (Å²) < 4.78 is 2.19.